The highest BCUT2D eigenvalue weighted by Crippen LogP contribution is 2.16. The van der Waals surface area contributed by atoms with Crippen molar-refractivity contribution in [1.82, 2.24) is 10.6 Å². The summed E-state index contributed by atoms with van der Waals surface area (Å²) in [5.41, 5.74) is 0.735. The van der Waals surface area contributed by atoms with Gasteiger partial charge in [-0.15, -0.1) is 0 Å². The summed E-state index contributed by atoms with van der Waals surface area (Å²) in [5.74, 6) is 0.578. The molecule has 2 N–H and O–H groups in total. The molecule has 0 aliphatic carbocycles. The first kappa shape index (κ1) is 17.9. The highest BCUT2D eigenvalue weighted by Gasteiger charge is 2.03. The summed E-state index contributed by atoms with van der Waals surface area (Å²) < 4.78 is 19.6. The van der Waals surface area contributed by atoms with Crippen LogP contribution in [0.3, 0.4) is 0 Å². The van der Waals surface area contributed by atoms with Crippen LogP contribution in [0.4, 0.5) is 4.39 Å². The van der Waals surface area contributed by atoms with E-state index in [1.54, 1.807) is 7.05 Å². The Kier molecular flexibility index (Phi) is 9.01. The van der Waals surface area contributed by atoms with Crippen LogP contribution in [0.5, 0.6) is 0 Å². The highest BCUT2D eigenvalue weighted by atomic mass is 79.9. The molecule has 1 aromatic carbocycles. The molecule has 0 fully saturated rings. The lowest BCUT2D eigenvalue weighted by molar-refractivity contribution is 0.152. The van der Waals surface area contributed by atoms with Gasteiger partial charge in [-0.1, -0.05) is 22.0 Å². The van der Waals surface area contributed by atoms with E-state index in [0.29, 0.717) is 19.6 Å². The van der Waals surface area contributed by atoms with Gasteiger partial charge < -0.3 is 15.4 Å². The molecule has 1 aromatic rings. The number of hydrogen-bond donors (Lipinski definition) is 2. The molecule has 0 radical (unpaired) electrons. The lowest BCUT2D eigenvalue weighted by atomic mass is 10.1. The van der Waals surface area contributed by atoms with Crippen LogP contribution in [0.2, 0.25) is 0 Å². The van der Waals surface area contributed by atoms with Crippen LogP contribution in [0, 0.1) is 5.82 Å². The average Bonchev–Trinajstić information content (AvgIpc) is 2.47. The lowest BCUT2D eigenvalue weighted by Gasteiger charge is -2.12. The smallest absolute Gasteiger partial charge is 0.191 e. The first-order valence-electron chi connectivity index (χ1n) is 7.13. The number of aryl methyl sites for hydroxylation is 1. The second kappa shape index (κ2) is 10.6. The maximum atomic E-state index is 13.6. The third kappa shape index (κ3) is 7.43. The van der Waals surface area contributed by atoms with E-state index in [-0.39, 0.29) is 5.82 Å². The van der Waals surface area contributed by atoms with E-state index in [9.17, 15) is 4.39 Å². The Morgan fingerprint density at radius 3 is 2.76 bits per heavy atom. The standard InChI is InChI=1S/C15H23BrFN3O/c1-3-21-10-9-20-15(18-2)19-8-4-5-12-6-7-13(16)11-14(12)17/h6-7,11H,3-5,8-10H2,1-2H3,(H2,18,19,20). The average molecular weight is 360 g/mol. The van der Waals surface area contributed by atoms with Gasteiger partial charge in [0, 0.05) is 31.2 Å². The highest BCUT2D eigenvalue weighted by molar-refractivity contribution is 9.10. The van der Waals surface area contributed by atoms with Crippen LogP contribution in [-0.2, 0) is 11.2 Å². The van der Waals surface area contributed by atoms with Crippen LogP contribution >= 0.6 is 15.9 Å². The summed E-state index contributed by atoms with van der Waals surface area (Å²) in [6, 6.07) is 5.17. The van der Waals surface area contributed by atoms with Gasteiger partial charge in [-0.25, -0.2) is 4.39 Å². The molecule has 118 valence electrons. The Hall–Kier alpha value is -1.14. The summed E-state index contributed by atoms with van der Waals surface area (Å²) in [4.78, 5) is 4.12. The monoisotopic (exact) mass is 359 g/mol. The minimum atomic E-state index is -0.163. The van der Waals surface area contributed by atoms with Gasteiger partial charge in [0.25, 0.3) is 0 Å². The van der Waals surface area contributed by atoms with Crippen LogP contribution in [0.15, 0.2) is 27.7 Å². The molecule has 0 aliphatic heterocycles. The van der Waals surface area contributed by atoms with Gasteiger partial charge >= 0.3 is 0 Å². The fourth-order valence-corrected chi connectivity index (χ4v) is 2.15. The van der Waals surface area contributed by atoms with Gasteiger partial charge in [0.15, 0.2) is 5.96 Å². The van der Waals surface area contributed by atoms with E-state index in [4.69, 9.17) is 4.74 Å². The zero-order chi connectivity index (χ0) is 15.5. The normalized spacial score (nSPS) is 11.5. The van der Waals surface area contributed by atoms with Crippen LogP contribution in [0.1, 0.15) is 18.9 Å². The zero-order valence-corrected chi connectivity index (χ0v) is 14.2. The van der Waals surface area contributed by atoms with Crippen molar-refractivity contribution in [3.05, 3.63) is 34.1 Å². The van der Waals surface area contributed by atoms with Gasteiger partial charge in [-0.2, -0.15) is 0 Å². The second-order valence-electron chi connectivity index (χ2n) is 4.46. The van der Waals surface area contributed by atoms with Gasteiger partial charge in [0.2, 0.25) is 0 Å². The zero-order valence-electron chi connectivity index (χ0n) is 12.6. The number of benzene rings is 1. The van der Waals surface area contributed by atoms with Crippen molar-refractivity contribution in [2.45, 2.75) is 19.8 Å². The van der Waals surface area contributed by atoms with Crippen LogP contribution in [0.25, 0.3) is 0 Å². The molecule has 0 unspecified atom stereocenters. The number of nitrogens with zero attached hydrogens (tertiary/aromatic N) is 1. The van der Waals surface area contributed by atoms with E-state index in [0.717, 1.165) is 35.5 Å². The molecule has 0 aromatic heterocycles. The molecule has 0 aliphatic rings. The molecule has 0 amide bonds. The maximum absolute atomic E-state index is 13.6. The molecule has 0 heterocycles. The molecular formula is C15H23BrFN3O. The molecule has 0 atom stereocenters. The minimum Gasteiger partial charge on any atom is -0.380 e. The predicted molar refractivity (Wildman–Crippen MR) is 88.3 cm³/mol. The summed E-state index contributed by atoms with van der Waals surface area (Å²) in [7, 11) is 1.73. The quantitative estimate of drug-likeness (QED) is 0.426. The number of nitrogens with one attached hydrogen (secondary N) is 2. The summed E-state index contributed by atoms with van der Waals surface area (Å²) >= 11 is 3.26. The van der Waals surface area contributed by atoms with E-state index in [1.165, 1.54) is 6.07 Å². The molecular weight excluding hydrogens is 337 g/mol. The van der Waals surface area contributed by atoms with Crippen molar-refractivity contribution in [3.8, 4) is 0 Å². The molecule has 0 spiro atoms. The number of guanidine groups is 1. The Labute approximate surface area is 134 Å². The van der Waals surface area contributed by atoms with Crippen molar-refractivity contribution in [1.29, 1.82) is 0 Å². The molecule has 0 saturated heterocycles. The molecule has 21 heavy (non-hydrogen) atoms. The third-order valence-corrected chi connectivity index (χ3v) is 3.39. The van der Waals surface area contributed by atoms with Gasteiger partial charge in [-0.05, 0) is 37.5 Å². The van der Waals surface area contributed by atoms with E-state index in [1.807, 2.05) is 19.1 Å². The van der Waals surface area contributed by atoms with Gasteiger partial charge in [0.1, 0.15) is 5.82 Å². The largest absolute Gasteiger partial charge is 0.380 e. The molecule has 0 saturated carbocycles. The summed E-state index contributed by atoms with van der Waals surface area (Å²) in [5, 5.41) is 6.35. The number of halogens is 2. The topological polar surface area (TPSA) is 45.6 Å². The molecule has 6 heteroatoms. The van der Waals surface area contributed by atoms with Crippen molar-refractivity contribution < 1.29 is 9.13 Å². The van der Waals surface area contributed by atoms with Crippen LogP contribution < -0.4 is 10.6 Å². The van der Waals surface area contributed by atoms with Crippen molar-refractivity contribution in [3.63, 3.8) is 0 Å². The molecule has 1 rings (SSSR count). The lowest BCUT2D eigenvalue weighted by Crippen LogP contribution is -2.39. The Balaban J connectivity index is 2.22. The third-order valence-electron chi connectivity index (χ3n) is 2.90. The fraction of sp³-hybridized carbons (Fsp3) is 0.533. The number of rotatable bonds is 8. The molecule has 0 bridgehead atoms. The minimum absolute atomic E-state index is 0.163. The van der Waals surface area contributed by atoms with E-state index < -0.39 is 0 Å². The predicted octanol–water partition coefficient (Wildman–Crippen LogP) is 2.72. The first-order valence-corrected chi connectivity index (χ1v) is 7.92. The Bertz CT molecular complexity index is 455. The Morgan fingerprint density at radius 1 is 1.33 bits per heavy atom. The van der Waals surface area contributed by atoms with Gasteiger partial charge in [0.05, 0.1) is 6.61 Å². The summed E-state index contributed by atoms with van der Waals surface area (Å²) in [6.07, 6.45) is 1.53. The van der Waals surface area contributed by atoms with Crippen LogP contribution in [-0.4, -0.2) is 39.3 Å². The molecule has 4 nitrogen and oxygen atoms in total. The summed E-state index contributed by atoms with van der Waals surface area (Å²) in [6.45, 7) is 4.79. The SMILES string of the molecule is CCOCCNC(=NC)NCCCc1ccc(Br)cc1F. The number of hydrogen-bond acceptors (Lipinski definition) is 2. The van der Waals surface area contributed by atoms with E-state index >= 15 is 0 Å². The van der Waals surface area contributed by atoms with Crippen molar-refractivity contribution in [2.24, 2.45) is 4.99 Å². The number of ether oxygens (including phenoxy) is 1. The van der Waals surface area contributed by atoms with Gasteiger partial charge in [-0.3, -0.25) is 4.99 Å². The fourth-order valence-electron chi connectivity index (χ4n) is 1.82. The number of aliphatic imine (C=N–C) groups is 1. The van der Waals surface area contributed by atoms with E-state index in [2.05, 4.69) is 31.6 Å². The Morgan fingerprint density at radius 2 is 2.10 bits per heavy atom. The van der Waals surface area contributed by atoms with Crippen molar-refractivity contribution >= 4 is 21.9 Å². The maximum Gasteiger partial charge on any atom is 0.191 e. The second-order valence-corrected chi connectivity index (χ2v) is 5.38. The van der Waals surface area contributed by atoms with Crippen molar-refractivity contribution in [2.75, 3.05) is 33.4 Å². The first-order chi connectivity index (χ1) is 10.2.